The van der Waals surface area contributed by atoms with Gasteiger partial charge in [0.15, 0.2) is 0 Å². The summed E-state index contributed by atoms with van der Waals surface area (Å²) in [6.45, 7) is 5.52. The van der Waals surface area contributed by atoms with Crippen molar-refractivity contribution in [2.75, 3.05) is 26.1 Å². The molecule has 38 heavy (non-hydrogen) atoms. The molecule has 202 valence electrons. The Morgan fingerprint density at radius 3 is 2.61 bits per heavy atom. The number of methoxy groups -OCH3 is 1. The monoisotopic (exact) mass is 539 g/mol. The summed E-state index contributed by atoms with van der Waals surface area (Å²) in [6, 6.07) is 14.2. The lowest BCUT2D eigenvalue weighted by atomic mass is 9.81. The van der Waals surface area contributed by atoms with Gasteiger partial charge in [-0.05, 0) is 62.4 Å². The molecule has 0 bridgehead atoms. The average molecular weight is 540 g/mol. The molecular weight excluding hydrogens is 506 g/mol. The first-order valence-corrected chi connectivity index (χ1v) is 12.8. The third kappa shape index (κ3) is 7.82. The van der Waals surface area contributed by atoms with Crippen LogP contribution in [0, 0.1) is 11.8 Å². The zero-order valence-corrected chi connectivity index (χ0v) is 22.7. The van der Waals surface area contributed by atoms with Crippen molar-refractivity contribution in [3.8, 4) is 5.75 Å². The maximum atomic E-state index is 13.2. The molecular formula is C28H34ClN5O4. The van der Waals surface area contributed by atoms with E-state index in [9.17, 15) is 9.59 Å². The van der Waals surface area contributed by atoms with Crippen LogP contribution in [0.1, 0.15) is 38.2 Å². The first-order valence-electron chi connectivity index (χ1n) is 12.4. The number of rotatable bonds is 10. The molecule has 1 fully saturated rings. The number of para-hydroxylation sites is 1. The summed E-state index contributed by atoms with van der Waals surface area (Å²) < 4.78 is 11.5. The van der Waals surface area contributed by atoms with E-state index >= 15 is 0 Å². The number of benzene rings is 2. The van der Waals surface area contributed by atoms with Crippen molar-refractivity contribution in [1.82, 2.24) is 10.6 Å². The second kappa shape index (κ2) is 14.2. The summed E-state index contributed by atoms with van der Waals surface area (Å²) in [5.41, 5.74) is 1.97. The Morgan fingerprint density at radius 1 is 1.16 bits per heavy atom. The van der Waals surface area contributed by atoms with Gasteiger partial charge in [-0.3, -0.25) is 9.59 Å². The van der Waals surface area contributed by atoms with Gasteiger partial charge in [-0.2, -0.15) is 5.10 Å². The molecule has 2 aromatic rings. The van der Waals surface area contributed by atoms with Crippen LogP contribution in [-0.4, -0.2) is 45.2 Å². The minimum absolute atomic E-state index is 0.107. The highest BCUT2D eigenvalue weighted by Gasteiger charge is 2.30. The molecule has 0 heterocycles. The maximum absolute atomic E-state index is 13.2. The minimum Gasteiger partial charge on any atom is -0.496 e. The van der Waals surface area contributed by atoms with Gasteiger partial charge >= 0.3 is 0 Å². The standard InChI is InChI=1S/C28H34ClN5O4/c1-18(30-2)25(27(36)32-22-11-6-5-7-12-22)33-26(35)20-10-8-9-19(15-20)17-38-28(34-31-3)23-16-21(29)13-14-24(23)37-4/h5-7,11-14,16,19-20,30H,3,8-10,15,17H2,1-2,4H3,(H,32,36)(H,33,35)/b25-18+,34-28-/t19-,20?/m0/s1. The van der Waals surface area contributed by atoms with E-state index in [4.69, 9.17) is 21.1 Å². The SMILES string of the molecule is C=N/N=C(\OC[C@H]1CCCC(C(=O)N/C(C(=O)Nc2ccccc2)=C(\C)NC)C1)c1cc(Cl)ccc1OC. The van der Waals surface area contributed by atoms with Crippen LogP contribution in [0.4, 0.5) is 5.69 Å². The number of hydrogen-bond acceptors (Lipinski definition) is 7. The van der Waals surface area contributed by atoms with Crippen molar-refractivity contribution in [1.29, 1.82) is 0 Å². The van der Waals surface area contributed by atoms with Crippen LogP contribution in [0.3, 0.4) is 0 Å². The number of nitrogens with zero attached hydrogens (tertiary/aromatic N) is 2. The van der Waals surface area contributed by atoms with E-state index in [0.29, 0.717) is 40.7 Å². The Hall–Kier alpha value is -3.85. The quantitative estimate of drug-likeness (QED) is 0.175. The van der Waals surface area contributed by atoms with Crippen molar-refractivity contribution >= 4 is 41.7 Å². The third-order valence-corrected chi connectivity index (χ3v) is 6.65. The summed E-state index contributed by atoms with van der Waals surface area (Å²) in [4.78, 5) is 26.2. The van der Waals surface area contributed by atoms with Gasteiger partial charge < -0.3 is 25.4 Å². The Bertz CT molecular complexity index is 1200. The molecule has 1 aliphatic carbocycles. The molecule has 2 amide bonds. The van der Waals surface area contributed by atoms with Crippen molar-refractivity contribution in [3.05, 3.63) is 70.5 Å². The van der Waals surface area contributed by atoms with E-state index < -0.39 is 0 Å². The lowest BCUT2D eigenvalue weighted by Crippen LogP contribution is -2.39. The fourth-order valence-electron chi connectivity index (χ4n) is 4.34. The summed E-state index contributed by atoms with van der Waals surface area (Å²) in [5.74, 6) is 0.0564. The molecule has 0 spiro atoms. The molecule has 1 unspecified atom stereocenters. The van der Waals surface area contributed by atoms with E-state index in [1.54, 1.807) is 51.4 Å². The molecule has 10 heteroatoms. The zero-order chi connectivity index (χ0) is 27.5. The Balaban J connectivity index is 1.65. The molecule has 3 rings (SSSR count). The van der Waals surface area contributed by atoms with Crippen LogP contribution >= 0.6 is 11.6 Å². The van der Waals surface area contributed by atoms with E-state index in [1.165, 1.54) is 0 Å². The van der Waals surface area contributed by atoms with E-state index in [2.05, 4.69) is 32.9 Å². The Kier molecular flexibility index (Phi) is 10.7. The summed E-state index contributed by atoms with van der Waals surface area (Å²) in [6.07, 6.45) is 3.10. The summed E-state index contributed by atoms with van der Waals surface area (Å²) in [5, 5.41) is 16.8. The van der Waals surface area contributed by atoms with Crippen molar-refractivity contribution in [2.45, 2.75) is 32.6 Å². The Labute approximate surface area is 228 Å². The largest absolute Gasteiger partial charge is 0.496 e. The van der Waals surface area contributed by atoms with Gasteiger partial charge in [0, 0.05) is 36.1 Å². The number of anilines is 1. The summed E-state index contributed by atoms with van der Waals surface area (Å²) in [7, 11) is 3.26. The van der Waals surface area contributed by atoms with E-state index in [-0.39, 0.29) is 35.2 Å². The molecule has 9 nitrogen and oxygen atoms in total. The topological polar surface area (TPSA) is 113 Å². The highest BCUT2D eigenvalue weighted by atomic mass is 35.5. The first-order chi connectivity index (χ1) is 18.4. The Morgan fingerprint density at radius 2 is 1.92 bits per heavy atom. The number of hydrogen-bond donors (Lipinski definition) is 3. The van der Waals surface area contributed by atoms with Crippen molar-refractivity contribution in [2.24, 2.45) is 22.0 Å². The van der Waals surface area contributed by atoms with Crippen LogP contribution < -0.4 is 20.7 Å². The van der Waals surface area contributed by atoms with Crippen molar-refractivity contribution in [3.63, 3.8) is 0 Å². The number of amides is 2. The fraction of sp³-hybridized carbons (Fsp3) is 0.357. The van der Waals surface area contributed by atoms with Crippen LogP contribution in [0.5, 0.6) is 5.75 Å². The zero-order valence-electron chi connectivity index (χ0n) is 21.9. The predicted molar refractivity (Wildman–Crippen MR) is 150 cm³/mol. The van der Waals surface area contributed by atoms with Gasteiger partial charge in [-0.1, -0.05) is 36.2 Å². The molecule has 1 saturated carbocycles. The van der Waals surface area contributed by atoms with Crippen LogP contribution in [0.2, 0.25) is 5.02 Å². The predicted octanol–water partition coefficient (Wildman–Crippen LogP) is 4.74. The molecule has 0 aliphatic heterocycles. The van der Waals surface area contributed by atoms with Gasteiger partial charge in [0.25, 0.3) is 5.91 Å². The van der Waals surface area contributed by atoms with Gasteiger partial charge in [-0.25, -0.2) is 0 Å². The number of halogens is 1. The minimum atomic E-state index is -0.389. The fourth-order valence-corrected chi connectivity index (χ4v) is 4.51. The lowest BCUT2D eigenvalue weighted by Gasteiger charge is -2.29. The molecule has 2 atom stereocenters. The molecule has 0 radical (unpaired) electrons. The van der Waals surface area contributed by atoms with Gasteiger partial charge in [-0.15, -0.1) is 5.10 Å². The van der Waals surface area contributed by atoms with Gasteiger partial charge in [0.2, 0.25) is 11.8 Å². The second-order valence-electron chi connectivity index (χ2n) is 8.99. The van der Waals surface area contributed by atoms with E-state index in [0.717, 1.165) is 19.3 Å². The number of carbonyl (C=O) groups excluding carboxylic acids is 2. The normalized spacial score (nSPS) is 18.1. The number of carbonyl (C=O) groups is 2. The lowest BCUT2D eigenvalue weighted by molar-refractivity contribution is -0.127. The highest BCUT2D eigenvalue weighted by molar-refractivity contribution is 6.31. The summed E-state index contributed by atoms with van der Waals surface area (Å²) >= 11 is 6.17. The molecule has 2 aromatic carbocycles. The molecule has 0 saturated heterocycles. The van der Waals surface area contributed by atoms with Crippen LogP contribution in [-0.2, 0) is 14.3 Å². The maximum Gasteiger partial charge on any atom is 0.273 e. The molecule has 1 aliphatic rings. The first kappa shape index (κ1) is 28.7. The van der Waals surface area contributed by atoms with E-state index in [1.807, 2.05) is 18.2 Å². The van der Waals surface area contributed by atoms with Gasteiger partial charge in [0.05, 0.1) is 19.3 Å². The number of allylic oxidation sites excluding steroid dienone is 1. The van der Waals surface area contributed by atoms with Crippen molar-refractivity contribution < 1.29 is 19.1 Å². The number of ether oxygens (including phenoxy) is 2. The van der Waals surface area contributed by atoms with Crippen LogP contribution in [0.15, 0.2) is 70.1 Å². The molecule has 3 N–H and O–H groups in total. The highest BCUT2D eigenvalue weighted by Crippen LogP contribution is 2.31. The van der Waals surface area contributed by atoms with Crippen LogP contribution in [0.25, 0.3) is 0 Å². The van der Waals surface area contributed by atoms with Gasteiger partial charge in [0.1, 0.15) is 11.4 Å². The third-order valence-electron chi connectivity index (χ3n) is 6.42. The average Bonchev–Trinajstić information content (AvgIpc) is 2.94. The second-order valence-corrected chi connectivity index (χ2v) is 9.43. The molecule has 0 aromatic heterocycles. The number of nitrogens with one attached hydrogen (secondary N) is 3. The smallest absolute Gasteiger partial charge is 0.273 e.